The first kappa shape index (κ1) is 42.9. The van der Waals surface area contributed by atoms with Crippen molar-refractivity contribution in [2.24, 2.45) is 0 Å². The minimum absolute atomic E-state index is 0.00701. The van der Waals surface area contributed by atoms with Gasteiger partial charge < -0.3 is 18.6 Å². The Hall–Kier alpha value is -5.81. The number of carbonyl (C=O) groups is 2. The van der Waals surface area contributed by atoms with Gasteiger partial charge in [0.1, 0.15) is 12.2 Å². The van der Waals surface area contributed by atoms with Gasteiger partial charge >= 0.3 is 5.97 Å². The van der Waals surface area contributed by atoms with Crippen molar-refractivity contribution in [3.63, 3.8) is 0 Å². The van der Waals surface area contributed by atoms with Crippen LogP contribution < -0.4 is 21.2 Å². The number of fused-ring (bicyclic) bond motifs is 1. The molecule has 2 aromatic heterocycles. The monoisotopic (exact) mass is 856 g/mol. The van der Waals surface area contributed by atoms with E-state index in [-0.39, 0.29) is 28.8 Å². The van der Waals surface area contributed by atoms with Crippen LogP contribution in [0.15, 0.2) is 132 Å². The summed E-state index contributed by atoms with van der Waals surface area (Å²) in [6.07, 6.45) is -1.39. The lowest BCUT2D eigenvalue weighted by Crippen LogP contribution is -2.67. The number of nitrogens with one attached hydrogen (secondary N) is 2. The second-order valence-corrected chi connectivity index (χ2v) is 21.5. The topological polar surface area (TPSA) is 159 Å². The molecule has 1 amide bonds. The van der Waals surface area contributed by atoms with E-state index in [1.807, 2.05) is 91.7 Å². The highest BCUT2D eigenvalue weighted by atomic mass is 28.4. The van der Waals surface area contributed by atoms with E-state index in [9.17, 15) is 14.4 Å². The first-order valence-corrected chi connectivity index (χ1v) is 22.7. The van der Waals surface area contributed by atoms with Crippen molar-refractivity contribution >= 4 is 47.7 Å². The molecule has 0 spiro atoms. The third-order valence-electron chi connectivity index (χ3n) is 11.3. The van der Waals surface area contributed by atoms with E-state index >= 15 is 0 Å². The van der Waals surface area contributed by atoms with Gasteiger partial charge in [0.25, 0.3) is 13.9 Å². The van der Waals surface area contributed by atoms with Gasteiger partial charge in [-0.05, 0) is 47.0 Å². The van der Waals surface area contributed by atoms with Gasteiger partial charge in [-0.3, -0.25) is 29.3 Å². The summed E-state index contributed by atoms with van der Waals surface area (Å²) in [5.74, 6) is -2.03. The summed E-state index contributed by atoms with van der Waals surface area (Å²) in [7, 11) is -3.13. The van der Waals surface area contributed by atoms with Gasteiger partial charge in [-0.2, -0.15) is 10.0 Å². The zero-order valence-electron chi connectivity index (χ0n) is 35.7. The number of anilines is 1. The molecule has 2 fully saturated rings. The Kier molecular flexibility index (Phi) is 12.1. The first-order valence-electron chi connectivity index (χ1n) is 20.8. The van der Waals surface area contributed by atoms with Crippen LogP contribution in [-0.4, -0.2) is 81.5 Å². The second kappa shape index (κ2) is 17.5. The third kappa shape index (κ3) is 8.77. The summed E-state index contributed by atoms with van der Waals surface area (Å²) < 4.78 is 29.4. The van der Waals surface area contributed by atoms with E-state index in [1.54, 1.807) is 28.8 Å². The molecule has 0 radical (unpaired) electrons. The van der Waals surface area contributed by atoms with E-state index in [1.165, 1.54) is 13.3 Å². The van der Waals surface area contributed by atoms with E-state index in [2.05, 4.69) is 65.3 Å². The fourth-order valence-electron chi connectivity index (χ4n) is 8.69. The van der Waals surface area contributed by atoms with Crippen molar-refractivity contribution in [2.75, 3.05) is 11.9 Å². The average molecular weight is 857 g/mol. The lowest BCUT2D eigenvalue weighted by atomic mass is 9.98. The van der Waals surface area contributed by atoms with Gasteiger partial charge in [-0.15, -0.1) is 0 Å². The van der Waals surface area contributed by atoms with Gasteiger partial charge in [-0.25, -0.2) is 9.78 Å². The summed E-state index contributed by atoms with van der Waals surface area (Å²) in [4.78, 5) is 57.4. The largest absolute Gasteiger partial charge is 0.453 e. The number of hydrogen-bond acceptors (Lipinski definition) is 11. The fraction of sp³-hybridized carbons (Fsp3) is 0.340. The van der Waals surface area contributed by atoms with E-state index in [0.717, 1.165) is 15.9 Å². The minimum atomic E-state index is -3.13. The highest BCUT2D eigenvalue weighted by molar-refractivity contribution is 6.99. The van der Waals surface area contributed by atoms with Gasteiger partial charge in [0.05, 0.1) is 24.5 Å². The Labute approximate surface area is 361 Å². The number of carbonyl (C=O) groups excluding carboxylic acids is 2. The Bertz CT molecular complexity index is 2510. The van der Waals surface area contributed by atoms with Crippen LogP contribution in [0, 0.1) is 0 Å². The van der Waals surface area contributed by atoms with Crippen LogP contribution in [0.3, 0.4) is 0 Å². The number of rotatable bonds is 13. The molecular formula is C47H52N6O8Si. The molecule has 2 N–H and O–H groups in total. The molecular weight excluding hydrogens is 805 g/mol. The maximum Gasteiger partial charge on any atom is 0.338 e. The number of hydroxylamine groups is 2. The molecule has 0 bridgehead atoms. The normalized spacial score (nSPS) is 20.9. The number of esters is 1. The standard InChI is InChI=1S/C47H52N6O8Si/c1-31(54)49-45-50-42-39(43(55)51-45)48-30-52(42)38-27-36(53(61-38)28-32-19-11-7-12-20-32)40-41(60-47(5,6)59-40)37(58-44(56)33-21-13-8-14-22-33)29-57-62(46(2,3)4,34-23-15-9-16-24-34)35-25-17-10-18-26-35/h7-26,30,36-38,40-41H,27-29H2,1-6H3,(H2,49,50,51,54,55)/t36-,37+,38+,40-,41-/m0/s1. The van der Waals surface area contributed by atoms with Crippen molar-refractivity contribution in [2.45, 2.75) is 95.9 Å². The molecule has 2 aliphatic rings. The number of hydrogen-bond donors (Lipinski definition) is 2. The predicted octanol–water partition coefficient (Wildman–Crippen LogP) is 6.11. The summed E-state index contributed by atoms with van der Waals surface area (Å²) in [5, 5.41) is 6.21. The molecule has 322 valence electrons. The minimum Gasteiger partial charge on any atom is -0.453 e. The van der Waals surface area contributed by atoms with Gasteiger partial charge in [0.2, 0.25) is 11.9 Å². The number of H-pyrrole nitrogens is 1. The summed E-state index contributed by atoms with van der Waals surface area (Å²) in [6.45, 7) is 12.0. The fourth-order valence-corrected chi connectivity index (χ4v) is 13.3. The molecule has 0 unspecified atom stereocenters. The number of benzene rings is 4. The Balaban J connectivity index is 1.20. The maximum absolute atomic E-state index is 14.2. The van der Waals surface area contributed by atoms with Crippen LogP contribution in [-0.2, 0) is 34.8 Å². The van der Waals surface area contributed by atoms with Crippen LogP contribution in [0.2, 0.25) is 5.04 Å². The van der Waals surface area contributed by atoms with E-state index < -0.39 is 62.1 Å². The zero-order valence-corrected chi connectivity index (χ0v) is 36.7. The Morgan fingerprint density at radius 3 is 2.10 bits per heavy atom. The van der Waals surface area contributed by atoms with Crippen molar-refractivity contribution < 1.29 is 33.1 Å². The van der Waals surface area contributed by atoms with Crippen molar-refractivity contribution in [1.29, 1.82) is 0 Å². The number of aromatic amines is 1. The lowest BCUT2D eigenvalue weighted by molar-refractivity contribution is -0.208. The molecule has 15 heteroatoms. The average Bonchev–Trinajstić information content (AvgIpc) is 3.96. The SMILES string of the molecule is CC(=O)Nc1nc2c(ncn2[C@H]2C[C@@H]([C@@H]3OC(C)(C)O[C@H]3[C@@H](CO[Si](c3ccccc3)(c3ccccc3)C(C)(C)C)OC(=O)c3ccccc3)N(Cc3ccccc3)O2)c(=O)[nH]1. The van der Waals surface area contributed by atoms with Gasteiger partial charge in [0.15, 0.2) is 29.3 Å². The molecule has 4 aromatic carbocycles. The van der Waals surface area contributed by atoms with Crippen LogP contribution in [0.5, 0.6) is 0 Å². The Morgan fingerprint density at radius 1 is 0.903 bits per heavy atom. The highest BCUT2D eigenvalue weighted by Gasteiger charge is 2.56. The van der Waals surface area contributed by atoms with Crippen LogP contribution in [0.1, 0.15) is 70.1 Å². The summed E-state index contributed by atoms with van der Waals surface area (Å²) >= 11 is 0. The first-order chi connectivity index (χ1) is 29.7. The van der Waals surface area contributed by atoms with Crippen molar-refractivity contribution in [3.05, 3.63) is 149 Å². The zero-order chi connectivity index (χ0) is 43.6. The number of nitrogens with zero attached hydrogens (tertiary/aromatic N) is 4. The smallest absolute Gasteiger partial charge is 0.338 e. The maximum atomic E-state index is 14.2. The lowest BCUT2D eigenvalue weighted by Gasteiger charge is -2.44. The molecule has 4 heterocycles. The second-order valence-electron chi connectivity index (χ2n) is 17.2. The van der Waals surface area contributed by atoms with E-state index in [4.69, 9.17) is 23.5 Å². The number of ether oxygens (including phenoxy) is 3. The molecule has 5 atom stereocenters. The van der Waals surface area contributed by atoms with Gasteiger partial charge in [-0.1, -0.05) is 130 Å². The number of imidazole rings is 1. The third-order valence-corrected chi connectivity index (χ3v) is 16.4. The molecule has 14 nitrogen and oxygen atoms in total. The molecule has 0 aliphatic carbocycles. The molecule has 6 aromatic rings. The Morgan fingerprint density at radius 2 is 1.50 bits per heavy atom. The van der Waals surface area contributed by atoms with Crippen molar-refractivity contribution in [3.8, 4) is 0 Å². The number of aromatic nitrogens is 4. The molecule has 8 rings (SSSR count). The van der Waals surface area contributed by atoms with Crippen LogP contribution >= 0.6 is 0 Å². The quantitative estimate of drug-likeness (QED) is 0.102. The van der Waals surface area contributed by atoms with Crippen molar-refractivity contribution in [1.82, 2.24) is 24.6 Å². The molecule has 2 aliphatic heterocycles. The number of amides is 1. The molecule has 62 heavy (non-hydrogen) atoms. The summed E-state index contributed by atoms with van der Waals surface area (Å²) in [5.41, 5.74) is 1.19. The van der Waals surface area contributed by atoms with Gasteiger partial charge in [0, 0.05) is 19.9 Å². The van der Waals surface area contributed by atoms with E-state index in [0.29, 0.717) is 18.5 Å². The highest BCUT2D eigenvalue weighted by Crippen LogP contribution is 2.43. The van der Waals surface area contributed by atoms with Crippen LogP contribution in [0.25, 0.3) is 11.2 Å². The summed E-state index contributed by atoms with van der Waals surface area (Å²) in [6, 6.07) is 38.9. The predicted molar refractivity (Wildman–Crippen MR) is 236 cm³/mol. The van der Waals surface area contributed by atoms with Crippen LogP contribution in [0.4, 0.5) is 5.95 Å². The molecule has 2 saturated heterocycles. The molecule has 0 saturated carbocycles.